The summed E-state index contributed by atoms with van der Waals surface area (Å²) in [4.78, 5) is 19.8. The van der Waals surface area contributed by atoms with Crippen LogP contribution in [0.2, 0.25) is 0 Å². The Hall–Kier alpha value is -1.95. The monoisotopic (exact) mass is 276 g/mol. The van der Waals surface area contributed by atoms with Crippen LogP contribution in [0.25, 0.3) is 11.0 Å². The minimum atomic E-state index is -0.867. The molecule has 6 heteroatoms. The third kappa shape index (κ3) is 2.44. The van der Waals surface area contributed by atoms with Gasteiger partial charge in [-0.2, -0.15) is 0 Å². The van der Waals surface area contributed by atoms with Gasteiger partial charge in [-0.3, -0.25) is 10.1 Å². The van der Waals surface area contributed by atoms with E-state index in [0.717, 1.165) is 11.0 Å². The molecule has 100 valence electrons. The van der Waals surface area contributed by atoms with Gasteiger partial charge in [0.05, 0.1) is 21.4 Å². The highest BCUT2D eigenvalue weighted by Crippen LogP contribution is 2.24. The number of hydrogen-bond acceptors (Lipinski definition) is 3. The lowest BCUT2D eigenvalue weighted by molar-refractivity contribution is -0.121. The van der Waals surface area contributed by atoms with E-state index in [9.17, 15) is 4.79 Å². The SMILES string of the molecule is CCC(C)(C(=O)Nc1nc2ccccc2[nH]1)C(N)=S. The fourth-order valence-electron chi connectivity index (χ4n) is 1.70. The Morgan fingerprint density at radius 2 is 2.21 bits per heavy atom. The van der Waals surface area contributed by atoms with Crippen LogP contribution in [0.4, 0.5) is 5.95 Å². The molecule has 1 heterocycles. The number of nitrogens with one attached hydrogen (secondary N) is 2. The number of carbonyl (C=O) groups is 1. The Labute approximate surface area is 116 Å². The number of imidazole rings is 1. The number of nitrogens with zero attached hydrogens (tertiary/aromatic N) is 1. The highest BCUT2D eigenvalue weighted by Gasteiger charge is 2.35. The van der Waals surface area contributed by atoms with Crippen LogP contribution in [0, 0.1) is 5.41 Å². The van der Waals surface area contributed by atoms with E-state index < -0.39 is 5.41 Å². The number of para-hydroxylation sites is 2. The summed E-state index contributed by atoms with van der Waals surface area (Å²) in [6, 6.07) is 7.55. The number of H-pyrrole nitrogens is 1. The molecule has 0 saturated heterocycles. The molecule has 1 aromatic heterocycles. The molecule has 4 N–H and O–H groups in total. The lowest BCUT2D eigenvalue weighted by Gasteiger charge is -2.24. The smallest absolute Gasteiger partial charge is 0.239 e. The fourth-order valence-corrected chi connectivity index (χ4v) is 1.94. The predicted molar refractivity (Wildman–Crippen MR) is 79.9 cm³/mol. The van der Waals surface area contributed by atoms with Crippen molar-refractivity contribution in [2.24, 2.45) is 11.1 Å². The second-order valence-corrected chi connectivity index (χ2v) is 5.05. The fraction of sp³-hybridized carbons (Fsp3) is 0.308. The molecule has 1 aromatic carbocycles. The van der Waals surface area contributed by atoms with E-state index in [-0.39, 0.29) is 10.9 Å². The lowest BCUT2D eigenvalue weighted by atomic mass is 9.86. The Morgan fingerprint density at radius 1 is 1.53 bits per heavy atom. The number of aromatic nitrogens is 2. The van der Waals surface area contributed by atoms with E-state index in [4.69, 9.17) is 18.0 Å². The van der Waals surface area contributed by atoms with Gasteiger partial charge in [-0.05, 0) is 25.5 Å². The average molecular weight is 276 g/mol. The van der Waals surface area contributed by atoms with Gasteiger partial charge in [-0.1, -0.05) is 31.3 Å². The van der Waals surface area contributed by atoms with Gasteiger partial charge in [0, 0.05) is 0 Å². The molecular weight excluding hydrogens is 260 g/mol. The maximum atomic E-state index is 12.2. The number of rotatable bonds is 4. The Morgan fingerprint density at radius 3 is 2.79 bits per heavy atom. The molecule has 0 aliphatic rings. The van der Waals surface area contributed by atoms with Crippen molar-refractivity contribution in [1.29, 1.82) is 0 Å². The van der Waals surface area contributed by atoms with Crippen LogP contribution in [0.3, 0.4) is 0 Å². The van der Waals surface area contributed by atoms with Crippen molar-refractivity contribution in [2.75, 3.05) is 5.32 Å². The minimum absolute atomic E-state index is 0.184. The van der Waals surface area contributed by atoms with Crippen molar-refractivity contribution in [2.45, 2.75) is 20.3 Å². The molecule has 0 radical (unpaired) electrons. The van der Waals surface area contributed by atoms with Gasteiger partial charge < -0.3 is 10.7 Å². The van der Waals surface area contributed by atoms with Crippen molar-refractivity contribution in [1.82, 2.24) is 9.97 Å². The van der Waals surface area contributed by atoms with E-state index >= 15 is 0 Å². The molecule has 2 rings (SSSR count). The molecule has 0 bridgehead atoms. The number of aromatic amines is 1. The molecule has 0 aliphatic carbocycles. The topological polar surface area (TPSA) is 83.8 Å². The number of nitrogens with two attached hydrogens (primary N) is 1. The van der Waals surface area contributed by atoms with Crippen LogP contribution in [-0.4, -0.2) is 20.9 Å². The zero-order valence-electron chi connectivity index (χ0n) is 10.9. The summed E-state index contributed by atoms with van der Waals surface area (Å²) in [5.74, 6) is 0.156. The van der Waals surface area contributed by atoms with Gasteiger partial charge in [0.15, 0.2) is 0 Å². The van der Waals surface area contributed by atoms with Crippen LogP contribution in [0.1, 0.15) is 20.3 Å². The molecular formula is C13H16N4OS. The first-order valence-corrected chi connectivity index (χ1v) is 6.44. The zero-order chi connectivity index (χ0) is 14.0. The molecule has 5 nitrogen and oxygen atoms in total. The Bertz CT molecular complexity index is 603. The first-order chi connectivity index (χ1) is 8.97. The van der Waals surface area contributed by atoms with E-state index in [1.807, 2.05) is 31.2 Å². The van der Waals surface area contributed by atoms with Gasteiger partial charge in [0.25, 0.3) is 0 Å². The molecule has 1 atom stereocenters. The van der Waals surface area contributed by atoms with Gasteiger partial charge in [-0.25, -0.2) is 4.98 Å². The average Bonchev–Trinajstić information content (AvgIpc) is 2.79. The molecule has 0 saturated carbocycles. The Balaban J connectivity index is 2.25. The molecule has 19 heavy (non-hydrogen) atoms. The van der Waals surface area contributed by atoms with Crippen LogP contribution in [0.15, 0.2) is 24.3 Å². The van der Waals surface area contributed by atoms with Gasteiger partial charge >= 0.3 is 0 Å². The van der Waals surface area contributed by atoms with Crippen molar-refractivity contribution < 1.29 is 4.79 Å². The molecule has 1 unspecified atom stereocenters. The minimum Gasteiger partial charge on any atom is -0.392 e. The van der Waals surface area contributed by atoms with Crippen LogP contribution >= 0.6 is 12.2 Å². The predicted octanol–water partition coefficient (Wildman–Crippen LogP) is 2.20. The highest BCUT2D eigenvalue weighted by atomic mass is 32.1. The standard InChI is InChI=1S/C13H16N4OS/c1-3-13(2,10(14)19)11(18)17-12-15-8-6-4-5-7-9(8)16-12/h4-7H,3H2,1-2H3,(H2,14,19)(H2,15,16,17,18). The second-order valence-electron chi connectivity index (χ2n) is 4.61. The maximum Gasteiger partial charge on any atom is 0.239 e. The third-order valence-corrected chi connectivity index (χ3v) is 3.82. The maximum absolute atomic E-state index is 12.2. The van der Waals surface area contributed by atoms with E-state index in [0.29, 0.717) is 12.4 Å². The van der Waals surface area contributed by atoms with E-state index in [1.165, 1.54) is 0 Å². The second kappa shape index (κ2) is 4.97. The van der Waals surface area contributed by atoms with Crippen LogP contribution < -0.4 is 11.1 Å². The van der Waals surface area contributed by atoms with Crippen LogP contribution in [0.5, 0.6) is 0 Å². The van der Waals surface area contributed by atoms with E-state index in [1.54, 1.807) is 6.92 Å². The number of amides is 1. The number of fused-ring (bicyclic) bond motifs is 1. The summed E-state index contributed by atoms with van der Waals surface area (Å²) < 4.78 is 0. The lowest BCUT2D eigenvalue weighted by Crippen LogP contribution is -2.43. The zero-order valence-corrected chi connectivity index (χ0v) is 11.7. The summed E-state index contributed by atoms with van der Waals surface area (Å²) in [5.41, 5.74) is 6.45. The number of thiocarbonyl (C=S) groups is 1. The molecule has 2 aromatic rings. The number of hydrogen-bond donors (Lipinski definition) is 3. The summed E-state index contributed by atoms with van der Waals surface area (Å²) in [6.45, 7) is 3.60. The number of benzene rings is 1. The van der Waals surface area contributed by atoms with Gasteiger partial charge in [0.1, 0.15) is 0 Å². The number of anilines is 1. The molecule has 0 fully saturated rings. The van der Waals surface area contributed by atoms with Crippen molar-refractivity contribution in [3.05, 3.63) is 24.3 Å². The molecule has 0 aliphatic heterocycles. The summed E-state index contributed by atoms with van der Waals surface area (Å²) in [6.07, 6.45) is 0.536. The summed E-state index contributed by atoms with van der Waals surface area (Å²) in [7, 11) is 0. The van der Waals surface area contributed by atoms with Crippen molar-refractivity contribution in [3.8, 4) is 0 Å². The first kappa shape index (κ1) is 13.5. The highest BCUT2D eigenvalue weighted by molar-refractivity contribution is 7.80. The molecule has 1 amide bonds. The van der Waals surface area contributed by atoms with Gasteiger partial charge in [0.2, 0.25) is 11.9 Å². The van der Waals surface area contributed by atoms with Crippen LogP contribution in [-0.2, 0) is 4.79 Å². The quantitative estimate of drug-likeness (QED) is 0.747. The summed E-state index contributed by atoms with van der Waals surface area (Å²) >= 11 is 4.97. The largest absolute Gasteiger partial charge is 0.392 e. The normalized spacial score (nSPS) is 14.0. The van der Waals surface area contributed by atoms with Gasteiger partial charge in [-0.15, -0.1) is 0 Å². The first-order valence-electron chi connectivity index (χ1n) is 6.03. The molecule has 0 spiro atoms. The summed E-state index contributed by atoms with van der Waals surface area (Å²) in [5, 5.41) is 2.73. The number of carbonyl (C=O) groups excluding carboxylic acids is 1. The van der Waals surface area contributed by atoms with Crippen molar-refractivity contribution >= 4 is 40.1 Å². The Kier molecular flexibility index (Phi) is 3.53. The van der Waals surface area contributed by atoms with E-state index in [2.05, 4.69) is 15.3 Å². The van der Waals surface area contributed by atoms with Crippen molar-refractivity contribution in [3.63, 3.8) is 0 Å². The third-order valence-electron chi connectivity index (χ3n) is 3.37.